The zero-order chi connectivity index (χ0) is 15.7. The summed E-state index contributed by atoms with van der Waals surface area (Å²) in [5, 5.41) is 3.77. The van der Waals surface area contributed by atoms with Gasteiger partial charge in [-0.15, -0.1) is 0 Å². The monoisotopic (exact) mass is 308 g/mol. The van der Waals surface area contributed by atoms with E-state index in [0.717, 1.165) is 11.2 Å². The van der Waals surface area contributed by atoms with Gasteiger partial charge in [-0.25, -0.2) is 0 Å². The highest BCUT2D eigenvalue weighted by atomic mass is 35.5. The van der Waals surface area contributed by atoms with Crippen molar-refractivity contribution in [2.45, 2.75) is 38.9 Å². The molecule has 0 saturated carbocycles. The van der Waals surface area contributed by atoms with E-state index in [1.165, 1.54) is 0 Å². The number of hydrogen-bond donors (Lipinski definition) is 1. The smallest absolute Gasteiger partial charge is 0.400 e. The van der Waals surface area contributed by atoms with Crippen molar-refractivity contribution in [2.75, 3.05) is 13.6 Å². The third-order valence-electron chi connectivity index (χ3n) is 4.02. The molecule has 1 N–H and O–H groups in total. The lowest BCUT2D eigenvalue weighted by Gasteiger charge is -2.32. The fourth-order valence-corrected chi connectivity index (χ4v) is 2.18. The van der Waals surface area contributed by atoms with Crippen molar-refractivity contribution in [2.24, 2.45) is 0 Å². The first-order valence-electron chi connectivity index (χ1n) is 7.07. The SMILES string of the molecule is CNCC(=Cc1ccc(Cl)cn1)B1OC(C)(C)C(C)(C)O1. The van der Waals surface area contributed by atoms with E-state index in [0.29, 0.717) is 11.6 Å². The molecule has 1 aromatic rings. The van der Waals surface area contributed by atoms with E-state index in [9.17, 15) is 0 Å². The summed E-state index contributed by atoms with van der Waals surface area (Å²) >= 11 is 5.87. The average molecular weight is 309 g/mol. The topological polar surface area (TPSA) is 43.4 Å². The highest BCUT2D eigenvalue weighted by molar-refractivity contribution is 6.55. The molecule has 114 valence electrons. The molecule has 0 radical (unpaired) electrons. The maximum atomic E-state index is 6.09. The quantitative estimate of drug-likeness (QED) is 0.869. The van der Waals surface area contributed by atoms with Crippen LogP contribution in [0.3, 0.4) is 0 Å². The van der Waals surface area contributed by atoms with Gasteiger partial charge in [-0.05, 0) is 58.4 Å². The van der Waals surface area contributed by atoms with Gasteiger partial charge in [-0.1, -0.05) is 11.6 Å². The van der Waals surface area contributed by atoms with Gasteiger partial charge in [0.2, 0.25) is 0 Å². The van der Waals surface area contributed by atoms with Crippen molar-refractivity contribution in [3.63, 3.8) is 0 Å². The standard InChI is InChI=1S/C15H22BClN2O2/c1-14(2)15(3,4)21-16(20-14)11(9-18-5)8-13-7-6-12(17)10-19-13/h6-8,10,18H,9H2,1-5H3. The van der Waals surface area contributed by atoms with Crippen LogP contribution in [0.4, 0.5) is 0 Å². The minimum atomic E-state index is -0.375. The lowest BCUT2D eigenvalue weighted by atomic mass is 9.77. The van der Waals surface area contributed by atoms with Crippen LogP contribution in [0.5, 0.6) is 0 Å². The molecule has 2 heterocycles. The molecule has 0 spiro atoms. The Kier molecular flexibility index (Phi) is 4.78. The summed E-state index contributed by atoms with van der Waals surface area (Å²) in [6, 6.07) is 3.70. The van der Waals surface area contributed by atoms with Gasteiger partial charge >= 0.3 is 7.12 Å². The fourth-order valence-electron chi connectivity index (χ4n) is 2.06. The van der Waals surface area contributed by atoms with E-state index in [4.69, 9.17) is 20.9 Å². The predicted octanol–water partition coefficient (Wildman–Crippen LogP) is 2.97. The molecule has 6 heteroatoms. The Bertz CT molecular complexity index is 513. The van der Waals surface area contributed by atoms with Crippen LogP contribution in [0, 0.1) is 0 Å². The summed E-state index contributed by atoms with van der Waals surface area (Å²) in [7, 11) is 1.52. The molecular formula is C15H22BClN2O2. The largest absolute Gasteiger partial charge is 0.491 e. The van der Waals surface area contributed by atoms with Crippen LogP contribution in [0.25, 0.3) is 6.08 Å². The van der Waals surface area contributed by atoms with Crippen LogP contribution >= 0.6 is 11.6 Å². The Hall–Kier alpha value is -0.875. The van der Waals surface area contributed by atoms with E-state index in [-0.39, 0.29) is 18.3 Å². The number of nitrogens with one attached hydrogen (secondary N) is 1. The number of rotatable bonds is 4. The highest BCUT2D eigenvalue weighted by Crippen LogP contribution is 2.38. The molecule has 0 aromatic carbocycles. The molecule has 1 aromatic heterocycles. The molecule has 1 saturated heterocycles. The molecule has 0 aliphatic carbocycles. The lowest BCUT2D eigenvalue weighted by Crippen LogP contribution is -2.41. The first-order chi connectivity index (χ1) is 9.75. The zero-order valence-electron chi connectivity index (χ0n) is 13.2. The van der Waals surface area contributed by atoms with Gasteiger partial charge in [-0.2, -0.15) is 0 Å². The maximum Gasteiger partial charge on any atom is 0.491 e. The van der Waals surface area contributed by atoms with Gasteiger partial charge in [0, 0.05) is 12.7 Å². The van der Waals surface area contributed by atoms with Crippen molar-refractivity contribution < 1.29 is 9.31 Å². The second kappa shape index (κ2) is 6.09. The first-order valence-corrected chi connectivity index (χ1v) is 7.45. The van der Waals surface area contributed by atoms with E-state index in [1.807, 2.05) is 53.0 Å². The van der Waals surface area contributed by atoms with Crippen LogP contribution in [0.15, 0.2) is 23.8 Å². The summed E-state index contributed by atoms with van der Waals surface area (Å²) in [4.78, 5) is 4.30. The molecule has 0 unspecified atom stereocenters. The molecule has 4 nitrogen and oxygen atoms in total. The summed E-state index contributed by atoms with van der Waals surface area (Å²) in [5.41, 5.74) is 1.14. The van der Waals surface area contributed by atoms with E-state index >= 15 is 0 Å². The van der Waals surface area contributed by atoms with E-state index < -0.39 is 0 Å². The van der Waals surface area contributed by atoms with Crippen molar-refractivity contribution in [3.05, 3.63) is 34.5 Å². The Morgan fingerprint density at radius 2 is 1.90 bits per heavy atom. The highest BCUT2D eigenvalue weighted by Gasteiger charge is 2.52. The molecule has 0 bridgehead atoms. The summed E-state index contributed by atoms with van der Waals surface area (Å²) in [6.07, 6.45) is 3.61. The van der Waals surface area contributed by atoms with Gasteiger partial charge in [0.1, 0.15) is 0 Å². The van der Waals surface area contributed by atoms with Gasteiger partial charge < -0.3 is 14.6 Å². The number of hydrogen-bond acceptors (Lipinski definition) is 4. The minimum absolute atomic E-state index is 0.349. The second-order valence-corrected chi connectivity index (χ2v) is 6.68. The van der Waals surface area contributed by atoms with Crippen molar-refractivity contribution in [1.82, 2.24) is 10.3 Å². The van der Waals surface area contributed by atoms with Crippen LogP contribution in [0.2, 0.25) is 5.02 Å². The number of halogens is 1. The third kappa shape index (κ3) is 3.66. The minimum Gasteiger partial charge on any atom is -0.400 e. The Balaban J connectivity index is 2.26. The predicted molar refractivity (Wildman–Crippen MR) is 87.2 cm³/mol. The van der Waals surface area contributed by atoms with Crippen molar-refractivity contribution >= 4 is 24.8 Å². The molecule has 1 aliphatic heterocycles. The van der Waals surface area contributed by atoms with Crippen LogP contribution in [-0.2, 0) is 9.31 Å². The van der Waals surface area contributed by atoms with Gasteiger partial charge in [0.15, 0.2) is 0 Å². The molecule has 21 heavy (non-hydrogen) atoms. The third-order valence-corrected chi connectivity index (χ3v) is 4.24. The van der Waals surface area contributed by atoms with E-state index in [2.05, 4.69) is 10.3 Å². The second-order valence-electron chi connectivity index (χ2n) is 6.24. The summed E-state index contributed by atoms with van der Waals surface area (Å²) in [5.74, 6) is 0. The number of pyridine rings is 1. The van der Waals surface area contributed by atoms with Crippen LogP contribution < -0.4 is 5.32 Å². The molecule has 0 atom stereocenters. The summed E-state index contributed by atoms with van der Waals surface area (Å²) in [6.45, 7) is 8.85. The summed E-state index contributed by atoms with van der Waals surface area (Å²) < 4.78 is 12.2. The lowest BCUT2D eigenvalue weighted by molar-refractivity contribution is 0.00578. The molecular weight excluding hydrogens is 286 g/mol. The number of nitrogens with zero attached hydrogens (tertiary/aromatic N) is 1. The first kappa shape index (κ1) is 16.5. The van der Waals surface area contributed by atoms with Gasteiger partial charge in [0.25, 0.3) is 0 Å². The zero-order valence-corrected chi connectivity index (χ0v) is 14.0. The number of likely N-dealkylation sites (N-methyl/N-ethyl adjacent to an activating group) is 1. The average Bonchev–Trinajstić information content (AvgIpc) is 2.60. The fraction of sp³-hybridized carbons (Fsp3) is 0.533. The van der Waals surface area contributed by atoms with Gasteiger partial charge in [-0.3, -0.25) is 4.98 Å². The molecule has 1 aliphatic rings. The van der Waals surface area contributed by atoms with Crippen LogP contribution in [0.1, 0.15) is 33.4 Å². The Morgan fingerprint density at radius 3 is 2.38 bits per heavy atom. The Labute approximate surface area is 132 Å². The molecule has 2 rings (SSSR count). The van der Waals surface area contributed by atoms with E-state index in [1.54, 1.807) is 6.20 Å². The molecule has 0 amide bonds. The van der Waals surface area contributed by atoms with Crippen molar-refractivity contribution in [1.29, 1.82) is 0 Å². The van der Waals surface area contributed by atoms with Gasteiger partial charge in [0.05, 0.1) is 21.9 Å². The number of aromatic nitrogens is 1. The Morgan fingerprint density at radius 1 is 1.29 bits per heavy atom. The van der Waals surface area contributed by atoms with Crippen LogP contribution in [-0.4, -0.2) is 36.9 Å². The van der Waals surface area contributed by atoms with Crippen molar-refractivity contribution in [3.8, 4) is 0 Å². The normalized spacial score (nSPS) is 20.9. The maximum absolute atomic E-state index is 6.09. The molecule has 1 fully saturated rings.